The summed E-state index contributed by atoms with van der Waals surface area (Å²) < 4.78 is 10.5. The highest BCUT2D eigenvalue weighted by atomic mass is 16.5. The van der Waals surface area contributed by atoms with Crippen LogP contribution in [0.15, 0.2) is 24.3 Å². The molecule has 2 rings (SSSR count). The summed E-state index contributed by atoms with van der Waals surface area (Å²) in [6, 6.07) is 8.01. The number of likely N-dealkylation sites (tertiary alicyclic amines) is 1. The van der Waals surface area contributed by atoms with Crippen LogP contribution in [-0.2, 0) is 16.1 Å². The molecule has 2 N–H and O–H groups in total. The van der Waals surface area contributed by atoms with E-state index in [1.165, 1.54) is 7.11 Å². The molecular formula is C17H26N2O4. The number of carbonyl (C=O) groups excluding carboxylic acids is 1. The van der Waals surface area contributed by atoms with E-state index in [1.54, 1.807) is 0 Å². The standard InChI is InChI=1S/C17H26N2O4/c1-3-23-16-7-5-4-6-13(16)9-19-10-14(8-15(19)11-20)18-17(21)12-22-2/h4-7,14-15,20H,3,8-12H2,1-2H3,(H,18,21)/t14-,15-/m0/s1. The van der Waals surface area contributed by atoms with Gasteiger partial charge in [0.15, 0.2) is 0 Å². The molecule has 0 spiro atoms. The zero-order chi connectivity index (χ0) is 16.7. The predicted molar refractivity (Wildman–Crippen MR) is 87.3 cm³/mol. The van der Waals surface area contributed by atoms with Crippen molar-refractivity contribution >= 4 is 5.91 Å². The van der Waals surface area contributed by atoms with E-state index in [2.05, 4.69) is 10.2 Å². The summed E-state index contributed by atoms with van der Waals surface area (Å²) in [7, 11) is 1.50. The minimum Gasteiger partial charge on any atom is -0.494 e. The minimum atomic E-state index is -0.120. The number of aliphatic hydroxyl groups is 1. The molecule has 0 aliphatic carbocycles. The lowest BCUT2D eigenvalue weighted by Crippen LogP contribution is -2.38. The van der Waals surface area contributed by atoms with Crippen molar-refractivity contribution in [3.8, 4) is 5.75 Å². The lowest BCUT2D eigenvalue weighted by molar-refractivity contribution is -0.125. The summed E-state index contributed by atoms with van der Waals surface area (Å²) >= 11 is 0. The van der Waals surface area contributed by atoms with Crippen LogP contribution in [0.25, 0.3) is 0 Å². The first-order valence-electron chi connectivity index (χ1n) is 8.01. The topological polar surface area (TPSA) is 71.0 Å². The van der Waals surface area contributed by atoms with E-state index in [0.29, 0.717) is 19.7 Å². The number of amides is 1. The molecule has 0 saturated carbocycles. The fourth-order valence-electron chi connectivity index (χ4n) is 3.02. The number of aliphatic hydroxyl groups excluding tert-OH is 1. The summed E-state index contributed by atoms with van der Waals surface area (Å²) in [6.45, 7) is 4.13. The second kappa shape index (κ2) is 8.86. The van der Waals surface area contributed by atoms with Crippen LogP contribution in [0.5, 0.6) is 5.75 Å². The van der Waals surface area contributed by atoms with Gasteiger partial charge in [-0.1, -0.05) is 18.2 Å². The number of ether oxygens (including phenoxy) is 2. The van der Waals surface area contributed by atoms with Gasteiger partial charge in [0, 0.05) is 37.8 Å². The van der Waals surface area contributed by atoms with Crippen molar-refractivity contribution in [1.82, 2.24) is 10.2 Å². The van der Waals surface area contributed by atoms with Gasteiger partial charge < -0.3 is 19.9 Å². The number of benzene rings is 1. The number of rotatable bonds is 8. The second-order valence-corrected chi connectivity index (χ2v) is 5.74. The molecule has 0 radical (unpaired) electrons. The summed E-state index contributed by atoms with van der Waals surface area (Å²) in [5.74, 6) is 0.754. The SMILES string of the molecule is CCOc1ccccc1CN1C[C@@H](NC(=O)COC)C[C@H]1CO. The number of carbonyl (C=O) groups is 1. The fraction of sp³-hybridized carbons (Fsp3) is 0.588. The Morgan fingerprint density at radius 3 is 2.91 bits per heavy atom. The van der Waals surface area contributed by atoms with Crippen molar-refractivity contribution in [3.63, 3.8) is 0 Å². The van der Waals surface area contributed by atoms with Gasteiger partial charge >= 0.3 is 0 Å². The van der Waals surface area contributed by atoms with Crippen molar-refractivity contribution in [2.24, 2.45) is 0 Å². The largest absolute Gasteiger partial charge is 0.494 e. The molecule has 23 heavy (non-hydrogen) atoms. The minimum absolute atomic E-state index is 0.0362. The maximum Gasteiger partial charge on any atom is 0.246 e. The van der Waals surface area contributed by atoms with Crippen LogP contribution in [0.3, 0.4) is 0 Å². The molecule has 128 valence electrons. The van der Waals surface area contributed by atoms with E-state index in [-0.39, 0.29) is 31.2 Å². The van der Waals surface area contributed by atoms with Gasteiger partial charge in [0.05, 0.1) is 13.2 Å². The number of methoxy groups -OCH3 is 1. The van der Waals surface area contributed by atoms with E-state index in [1.807, 2.05) is 31.2 Å². The first-order valence-corrected chi connectivity index (χ1v) is 8.01. The smallest absolute Gasteiger partial charge is 0.246 e. The molecule has 0 unspecified atom stereocenters. The Balaban J connectivity index is 2.00. The Morgan fingerprint density at radius 2 is 2.22 bits per heavy atom. The van der Waals surface area contributed by atoms with Crippen LogP contribution in [0.4, 0.5) is 0 Å². The Bertz CT molecular complexity index is 509. The van der Waals surface area contributed by atoms with Gasteiger partial charge in [-0.2, -0.15) is 0 Å². The molecule has 0 bridgehead atoms. The van der Waals surface area contributed by atoms with Gasteiger partial charge in [-0.15, -0.1) is 0 Å². The quantitative estimate of drug-likeness (QED) is 0.740. The van der Waals surface area contributed by atoms with Gasteiger partial charge in [-0.25, -0.2) is 0 Å². The number of hydrogen-bond donors (Lipinski definition) is 2. The molecule has 1 heterocycles. The Morgan fingerprint density at radius 1 is 1.43 bits per heavy atom. The normalized spacial score (nSPS) is 21.3. The predicted octanol–water partition coefficient (Wildman–Crippen LogP) is 0.783. The summed E-state index contributed by atoms with van der Waals surface area (Å²) in [6.07, 6.45) is 0.739. The maximum absolute atomic E-state index is 11.7. The number of nitrogens with zero attached hydrogens (tertiary/aromatic N) is 1. The average Bonchev–Trinajstić information content (AvgIpc) is 2.91. The first kappa shape index (κ1) is 17.7. The van der Waals surface area contributed by atoms with Gasteiger partial charge in [-0.05, 0) is 19.4 Å². The highest BCUT2D eigenvalue weighted by Gasteiger charge is 2.32. The molecule has 1 aliphatic heterocycles. The maximum atomic E-state index is 11.7. The fourth-order valence-corrected chi connectivity index (χ4v) is 3.02. The summed E-state index contributed by atoms with van der Waals surface area (Å²) in [4.78, 5) is 13.9. The van der Waals surface area contributed by atoms with E-state index >= 15 is 0 Å². The lowest BCUT2D eigenvalue weighted by atomic mass is 10.1. The number of para-hydroxylation sites is 1. The Kier molecular flexibility index (Phi) is 6.83. The molecular weight excluding hydrogens is 296 g/mol. The van der Waals surface area contributed by atoms with Crippen LogP contribution in [0.2, 0.25) is 0 Å². The molecule has 1 aliphatic rings. The average molecular weight is 322 g/mol. The van der Waals surface area contributed by atoms with Gasteiger partial charge in [-0.3, -0.25) is 9.69 Å². The molecule has 1 fully saturated rings. The van der Waals surface area contributed by atoms with Gasteiger partial charge in [0.25, 0.3) is 0 Å². The van der Waals surface area contributed by atoms with E-state index in [9.17, 15) is 9.90 Å². The molecule has 1 aromatic rings. The molecule has 1 amide bonds. The van der Waals surface area contributed by atoms with Crippen molar-refractivity contribution < 1.29 is 19.4 Å². The highest BCUT2D eigenvalue weighted by molar-refractivity contribution is 5.77. The van der Waals surface area contributed by atoms with Crippen LogP contribution in [0.1, 0.15) is 18.9 Å². The molecule has 6 heteroatoms. The number of nitrogens with one attached hydrogen (secondary N) is 1. The van der Waals surface area contributed by atoms with Gasteiger partial charge in [0.2, 0.25) is 5.91 Å². The van der Waals surface area contributed by atoms with Crippen molar-refractivity contribution in [2.45, 2.75) is 32.0 Å². The molecule has 6 nitrogen and oxygen atoms in total. The second-order valence-electron chi connectivity index (χ2n) is 5.74. The molecule has 1 aromatic carbocycles. The molecule has 1 saturated heterocycles. The van der Waals surface area contributed by atoms with Crippen molar-refractivity contribution in [3.05, 3.63) is 29.8 Å². The van der Waals surface area contributed by atoms with Gasteiger partial charge in [0.1, 0.15) is 12.4 Å². The monoisotopic (exact) mass is 322 g/mol. The summed E-state index contributed by atoms with van der Waals surface area (Å²) in [5, 5.41) is 12.6. The summed E-state index contributed by atoms with van der Waals surface area (Å²) in [5.41, 5.74) is 1.09. The Labute approximate surface area is 137 Å². The highest BCUT2D eigenvalue weighted by Crippen LogP contribution is 2.25. The molecule has 0 aromatic heterocycles. The molecule has 2 atom stereocenters. The third kappa shape index (κ3) is 4.92. The zero-order valence-electron chi connectivity index (χ0n) is 13.8. The van der Waals surface area contributed by atoms with Crippen LogP contribution >= 0.6 is 0 Å². The van der Waals surface area contributed by atoms with Crippen LogP contribution < -0.4 is 10.1 Å². The van der Waals surface area contributed by atoms with Crippen LogP contribution in [0, 0.1) is 0 Å². The first-order chi connectivity index (χ1) is 11.2. The Hall–Kier alpha value is -1.63. The number of hydrogen-bond acceptors (Lipinski definition) is 5. The van der Waals surface area contributed by atoms with Crippen molar-refractivity contribution in [1.29, 1.82) is 0 Å². The van der Waals surface area contributed by atoms with E-state index in [0.717, 1.165) is 17.7 Å². The third-order valence-electron chi connectivity index (χ3n) is 4.03. The van der Waals surface area contributed by atoms with Crippen LogP contribution in [-0.4, -0.2) is 61.5 Å². The lowest BCUT2D eigenvalue weighted by Gasteiger charge is -2.23. The van der Waals surface area contributed by atoms with E-state index in [4.69, 9.17) is 9.47 Å². The van der Waals surface area contributed by atoms with E-state index < -0.39 is 0 Å². The van der Waals surface area contributed by atoms with Crippen molar-refractivity contribution in [2.75, 3.05) is 33.5 Å². The third-order valence-corrected chi connectivity index (χ3v) is 4.03. The zero-order valence-corrected chi connectivity index (χ0v) is 13.8.